The second-order valence-corrected chi connectivity index (χ2v) is 6.37. The average Bonchev–Trinajstić information content (AvgIpc) is 2.92. The monoisotopic (exact) mass is 346 g/mol. The Morgan fingerprint density at radius 3 is 2.77 bits per heavy atom. The lowest BCUT2D eigenvalue weighted by molar-refractivity contribution is 0.0816. The third-order valence-corrected chi connectivity index (χ3v) is 4.57. The number of aryl methyl sites for hydroxylation is 1. The van der Waals surface area contributed by atoms with Crippen LogP contribution in [0.3, 0.4) is 0 Å². The molecule has 130 valence electrons. The number of fused-ring (bicyclic) bond motifs is 1. The van der Waals surface area contributed by atoms with Gasteiger partial charge in [-0.2, -0.15) is 0 Å². The molecule has 1 aromatic carbocycles. The smallest absolute Gasteiger partial charge is 0.254 e. The Kier molecular flexibility index (Phi) is 3.88. The van der Waals surface area contributed by atoms with Crippen LogP contribution in [-0.4, -0.2) is 32.8 Å². The van der Waals surface area contributed by atoms with Crippen molar-refractivity contribution in [1.29, 1.82) is 0 Å². The van der Waals surface area contributed by atoms with Crippen LogP contribution in [0.15, 0.2) is 42.9 Å². The van der Waals surface area contributed by atoms with Gasteiger partial charge in [0.15, 0.2) is 5.75 Å². The van der Waals surface area contributed by atoms with Crippen LogP contribution in [-0.2, 0) is 6.54 Å². The summed E-state index contributed by atoms with van der Waals surface area (Å²) in [4.78, 5) is 26.7. The first-order valence-electron chi connectivity index (χ1n) is 8.34. The number of nitrogens with zero attached hydrogens (tertiary/aromatic N) is 4. The van der Waals surface area contributed by atoms with Gasteiger partial charge < -0.3 is 9.64 Å². The van der Waals surface area contributed by atoms with Crippen molar-refractivity contribution >= 4 is 5.91 Å². The van der Waals surface area contributed by atoms with Gasteiger partial charge in [-0.25, -0.2) is 9.97 Å². The van der Waals surface area contributed by atoms with Crippen molar-refractivity contribution in [2.45, 2.75) is 20.4 Å². The van der Waals surface area contributed by atoms with E-state index in [4.69, 9.17) is 4.74 Å². The van der Waals surface area contributed by atoms with Gasteiger partial charge in [0.1, 0.15) is 6.33 Å². The fourth-order valence-electron chi connectivity index (χ4n) is 3.12. The van der Waals surface area contributed by atoms with Crippen LogP contribution < -0.4 is 4.74 Å². The molecule has 0 fully saturated rings. The first kappa shape index (κ1) is 16.2. The van der Waals surface area contributed by atoms with Crippen LogP contribution in [0.2, 0.25) is 0 Å². The molecule has 0 bridgehead atoms. The molecule has 0 spiro atoms. The van der Waals surface area contributed by atoms with Gasteiger partial charge in [0.05, 0.1) is 11.4 Å². The van der Waals surface area contributed by atoms with E-state index in [9.17, 15) is 4.79 Å². The van der Waals surface area contributed by atoms with Crippen molar-refractivity contribution in [1.82, 2.24) is 19.9 Å². The zero-order valence-electron chi connectivity index (χ0n) is 14.9. The predicted octanol–water partition coefficient (Wildman–Crippen LogP) is 3.53. The zero-order chi connectivity index (χ0) is 18.3. The Bertz CT molecular complexity index is 1020. The largest absolute Gasteiger partial charge is 0.437 e. The minimum Gasteiger partial charge on any atom is -0.437 e. The van der Waals surface area contributed by atoms with Gasteiger partial charge in [-0.05, 0) is 43.7 Å². The number of rotatable bonds is 3. The summed E-state index contributed by atoms with van der Waals surface area (Å²) in [6.45, 7) is 4.44. The molecule has 3 aromatic rings. The molecular formula is C20H18N4O2. The number of amides is 1. The van der Waals surface area contributed by atoms with Crippen LogP contribution in [0.25, 0.3) is 11.3 Å². The first-order valence-corrected chi connectivity index (χ1v) is 8.34. The molecule has 0 atom stereocenters. The molecule has 4 rings (SSSR count). The summed E-state index contributed by atoms with van der Waals surface area (Å²) < 4.78 is 5.95. The van der Waals surface area contributed by atoms with Crippen molar-refractivity contribution in [3.8, 4) is 22.9 Å². The molecule has 0 saturated heterocycles. The molecular weight excluding hydrogens is 328 g/mol. The maximum Gasteiger partial charge on any atom is 0.254 e. The highest BCUT2D eigenvalue weighted by Gasteiger charge is 2.25. The SMILES string of the molecule is Cc1ncccc1Oc1ncnc(-c2ccc3c(c2)CN(C)C3=O)c1C. The van der Waals surface area contributed by atoms with E-state index in [1.54, 1.807) is 18.1 Å². The highest BCUT2D eigenvalue weighted by atomic mass is 16.5. The fourth-order valence-corrected chi connectivity index (χ4v) is 3.12. The summed E-state index contributed by atoms with van der Waals surface area (Å²) in [5.41, 5.74) is 5.14. The third-order valence-electron chi connectivity index (χ3n) is 4.57. The summed E-state index contributed by atoms with van der Waals surface area (Å²) in [6, 6.07) is 9.49. The van der Waals surface area contributed by atoms with E-state index in [-0.39, 0.29) is 5.91 Å². The number of benzene rings is 1. The molecule has 0 N–H and O–H groups in total. The topological polar surface area (TPSA) is 68.2 Å². The minimum atomic E-state index is 0.0574. The summed E-state index contributed by atoms with van der Waals surface area (Å²) >= 11 is 0. The molecule has 0 aliphatic carbocycles. The molecule has 6 nitrogen and oxygen atoms in total. The molecule has 0 unspecified atom stereocenters. The standard InChI is InChI=1S/C20H18N4O2/c1-12-18(14-6-7-16-15(9-14)10-24(3)20(16)25)22-11-23-19(12)26-17-5-4-8-21-13(17)2/h4-9,11H,10H2,1-3H3. The summed E-state index contributed by atoms with van der Waals surface area (Å²) in [5, 5.41) is 0. The number of hydrogen-bond donors (Lipinski definition) is 0. The maximum atomic E-state index is 12.1. The molecule has 2 aromatic heterocycles. The van der Waals surface area contributed by atoms with E-state index in [0.29, 0.717) is 18.2 Å². The number of hydrogen-bond acceptors (Lipinski definition) is 5. The molecule has 0 radical (unpaired) electrons. The van der Waals surface area contributed by atoms with E-state index in [0.717, 1.165) is 33.6 Å². The number of aromatic nitrogens is 3. The predicted molar refractivity (Wildman–Crippen MR) is 97.1 cm³/mol. The van der Waals surface area contributed by atoms with Crippen molar-refractivity contribution in [3.63, 3.8) is 0 Å². The van der Waals surface area contributed by atoms with E-state index in [1.807, 2.05) is 44.2 Å². The molecule has 1 aliphatic rings. The van der Waals surface area contributed by atoms with Crippen LogP contribution in [0.1, 0.15) is 27.2 Å². The molecule has 0 saturated carbocycles. The molecule has 3 heterocycles. The zero-order valence-corrected chi connectivity index (χ0v) is 14.9. The van der Waals surface area contributed by atoms with Crippen LogP contribution in [0, 0.1) is 13.8 Å². The first-order chi connectivity index (χ1) is 12.5. The Labute approximate surface area is 151 Å². The molecule has 1 amide bonds. The fraction of sp³-hybridized carbons (Fsp3) is 0.200. The Hall–Kier alpha value is -3.28. The lowest BCUT2D eigenvalue weighted by atomic mass is 10.0. The highest BCUT2D eigenvalue weighted by molar-refractivity contribution is 5.98. The Balaban J connectivity index is 1.72. The second-order valence-electron chi connectivity index (χ2n) is 6.37. The van der Waals surface area contributed by atoms with E-state index >= 15 is 0 Å². The van der Waals surface area contributed by atoms with Crippen molar-refractivity contribution in [2.24, 2.45) is 0 Å². The minimum absolute atomic E-state index is 0.0574. The van der Waals surface area contributed by atoms with E-state index in [2.05, 4.69) is 15.0 Å². The highest BCUT2D eigenvalue weighted by Crippen LogP contribution is 2.32. The van der Waals surface area contributed by atoms with Gasteiger partial charge in [-0.3, -0.25) is 9.78 Å². The number of ether oxygens (including phenoxy) is 1. The van der Waals surface area contributed by atoms with Crippen molar-refractivity contribution in [2.75, 3.05) is 7.05 Å². The summed E-state index contributed by atoms with van der Waals surface area (Å²) in [6.07, 6.45) is 3.22. The van der Waals surface area contributed by atoms with Gasteiger partial charge in [-0.15, -0.1) is 0 Å². The van der Waals surface area contributed by atoms with Gasteiger partial charge in [0, 0.05) is 36.5 Å². The Morgan fingerprint density at radius 1 is 1.12 bits per heavy atom. The lowest BCUT2D eigenvalue weighted by Gasteiger charge is -2.12. The van der Waals surface area contributed by atoms with Crippen LogP contribution >= 0.6 is 0 Å². The molecule has 6 heteroatoms. The molecule has 1 aliphatic heterocycles. The maximum absolute atomic E-state index is 12.1. The van der Waals surface area contributed by atoms with Gasteiger partial charge >= 0.3 is 0 Å². The normalized spacial score (nSPS) is 13.0. The van der Waals surface area contributed by atoms with Crippen molar-refractivity contribution < 1.29 is 9.53 Å². The van der Waals surface area contributed by atoms with E-state index in [1.165, 1.54) is 6.33 Å². The molecule has 26 heavy (non-hydrogen) atoms. The quantitative estimate of drug-likeness (QED) is 0.726. The number of carbonyl (C=O) groups is 1. The number of carbonyl (C=O) groups excluding carboxylic acids is 1. The average molecular weight is 346 g/mol. The van der Waals surface area contributed by atoms with Gasteiger partial charge in [-0.1, -0.05) is 6.07 Å². The van der Waals surface area contributed by atoms with Gasteiger partial charge in [0.2, 0.25) is 5.88 Å². The second kappa shape index (κ2) is 6.22. The van der Waals surface area contributed by atoms with Crippen molar-refractivity contribution in [3.05, 3.63) is 65.2 Å². The van der Waals surface area contributed by atoms with Crippen LogP contribution in [0.4, 0.5) is 0 Å². The summed E-state index contributed by atoms with van der Waals surface area (Å²) in [5.74, 6) is 1.23. The number of pyridine rings is 1. The lowest BCUT2D eigenvalue weighted by Crippen LogP contribution is -2.17. The van der Waals surface area contributed by atoms with Gasteiger partial charge in [0.25, 0.3) is 5.91 Å². The Morgan fingerprint density at radius 2 is 1.96 bits per heavy atom. The van der Waals surface area contributed by atoms with E-state index < -0.39 is 0 Å². The summed E-state index contributed by atoms with van der Waals surface area (Å²) in [7, 11) is 1.81. The van der Waals surface area contributed by atoms with Crippen LogP contribution in [0.5, 0.6) is 11.6 Å². The third kappa shape index (κ3) is 2.69.